The number of hydrogen-bond acceptors (Lipinski definition) is 4. The quantitative estimate of drug-likeness (QED) is 0.449. The number of hydrogen-bond donors (Lipinski definition) is 2. The van der Waals surface area contributed by atoms with Crippen LogP contribution >= 0.6 is 0 Å². The SMILES string of the molecule is Cn1cnc(C(CCCCC2CCOCC2)NN)c1. The molecule has 1 saturated heterocycles. The molecule has 108 valence electrons. The molecule has 1 atom stereocenters. The minimum Gasteiger partial charge on any atom is -0.381 e. The Bertz CT molecular complexity index is 360. The lowest BCUT2D eigenvalue weighted by molar-refractivity contribution is 0.0630. The molecule has 19 heavy (non-hydrogen) atoms. The number of aromatic nitrogens is 2. The number of nitrogens with one attached hydrogen (secondary N) is 1. The summed E-state index contributed by atoms with van der Waals surface area (Å²) >= 11 is 0. The van der Waals surface area contributed by atoms with Gasteiger partial charge in [-0.05, 0) is 25.2 Å². The third-order valence-corrected chi connectivity index (χ3v) is 3.98. The maximum Gasteiger partial charge on any atom is 0.0947 e. The zero-order valence-electron chi connectivity index (χ0n) is 11.8. The van der Waals surface area contributed by atoms with Crippen molar-refractivity contribution in [2.24, 2.45) is 18.8 Å². The molecule has 1 aromatic heterocycles. The van der Waals surface area contributed by atoms with Gasteiger partial charge in [0.15, 0.2) is 0 Å². The normalized spacial score (nSPS) is 18.6. The standard InChI is InChI=1S/C14H26N4O/c1-18-10-14(16-11-18)13(17-15)5-3-2-4-12-6-8-19-9-7-12/h10-13,17H,2-9,15H2,1H3. The fourth-order valence-corrected chi connectivity index (χ4v) is 2.75. The number of nitrogens with zero attached hydrogens (tertiary/aromatic N) is 2. The molecule has 0 aliphatic carbocycles. The van der Waals surface area contributed by atoms with E-state index >= 15 is 0 Å². The second-order valence-electron chi connectivity index (χ2n) is 5.52. The Hall–Kier alpha value is -0.910. The number of ether oxygens (including phenoxy) is 1. The number of aryl methyl sites for hydroxylation is 1. The number of rotatable bonds is 7. The van der Waals surface area contributed by atoms with Crippen LogP contribution in [0.4, 0.5) is 0 Å². The maximum atomic E-state index is 5.62. The second-order valence-corrected chi connectivity index (χ2v) is 5.52. The van der Waals surface area contributed by atoms with E-state index in [1.54, 1.807) is 0 Å². The summed E-state index contributed by atoms with van der Waals surface area (Å²) in [6.45, 7) is 1.90. The van der Waals surface area contributed by atoms with Crippen LogP contribution in [0.5, 0.6) is 0 Å². The fraction of sp³-hybridized carbons (Fsp3) is 0.786. The Balaban J connectivity index is 1.65. The Labute approximate surface area is 115 Å². The predicted octanol–water partition coefficient (Wildman–Crippen LogP) is 1.91. The van der Waals surface area contributed by atoms with Crippen LogP contribution in [0.15, 0.2) is 12.5 Å². The van der Waals surface area contributed by atoms with Crippen LogP contribution in [0.2, 0.25) is 0 Å². The molecule has 3 N–H and O–H groups in total. The molecular weight excluding hydrogens is 240 g/mol. The highest BCUT2D eigenvalue weighted by molar-refractivity contribution is 5.02. The Morgan fingerprint density at radius 3 is 2.89 bits per heavy atom. The monoisotopic (exact) mass is 266 g/mol. The van der Waals surface area contributed by atoms with Gasteiger partial charge in [0.25, 0.3) is 0 Å². The van der Waals surface area contributed by atoms with Crippen molar-refractivity contribution in [2.75, 3.05) is 13.2 Å². The van der Waals surface area contributed by atoms with E-state index < -0.39 is 0 Å². The van der Waals surface area contributed by atoms with E-state index in [-0.39, 0.29) is 6.04 Å². The Morgan fingerprint density at radius 2 is 2.26 bits per heavy atom. The largest absolute Gasteiger partial charge is 0.381 e. The lowest BCUT2D eigenvalue weighted by atomic mass is 9.93. The molecule has 5 nitrogen and oxygen atoms in total. The highest BCUT2D eigenvalue weighted by Crippen LogP contribution is 2.23. The first-order chi connectivity index (χ1) is 9.29. The van der Waals surface area contributed by atoms with Crippen LogP contribution in [0.25, 0.3) is 0 Å². The van der Waals surface area contributed by atoms with E-state index in [2.05, 4.69) is 10.4 Å². The van der Waals surface area contributed by atoms with Gasteiger partial charge in [0.1, 0.15) is 0 Å². The van der Waals surface area contributed by atoms with Crippen molar-refractivity contribution in [1.29, 1.82) is 0 Å². The van der Waals surface area contributed by atoms with Gasteiger partial charge in [-0.15, -0.1) is 0 Å². The van der Waals surface area contributed by atoms with Gasteiger partial charge in [-0.3, -0.25) is 11.3 Å². The molecule has 2 heterocycles. The van der Waals surface area contributed by atoms with Crippen LogP contribution in [-0.2, 0) is 11.8 Å². The fourth-order valence-electron chi connectivity index (χ4n) is 2.75. The molecule has 1 aliphatic rings. The van der Waals surface area contributed by atoms with Gasteiger partial charge in [-0.25, -0.2) is 4.98 Å². The smallest absolute Gasteiger partial charge is 0.0947 e. The van der Waals surface area contributed by atoms with Crippen molar-refractivity contribution in [2.45, 2.75) is 44.6 Å². The Kier molecular flexibility index (Phi) is 5.82. The molecule has 0 amide bonds. The molecule has 1 aromatic rings. The van der Waals surface area contributed by atoms with Crippen molar-refractivity contribution in [1.82, 2.24) is 15.0 Å². The summed E-state index contributed by atoms with van der Waals surface area (Å²) in [5.74, 6) is 6.49. The van der Waals surface area contributed by atoms with Crippen LogP contribution in [0, 0.1) is 5.92 Å². The summed E-state index contributed by atoms with van der Waals surface area (Å²) in [5.41, 5.74) is 3.91. The van der Waals surface area contributed by atoms with Gasteiger partial charge >= 0.3 is 0 Å². The van der Waals surface area contributed by atoms with Crippen LogP contribution in [0.3, 0.4) is 0 Å². The van der Waals surface area contributed by atoms with Gasteiger partial charge < -0.3 is 9.30 Å². The Morgan fingerprint density at radius 1 is 1.47 bits per heavy atom. The first kappa shape index (κ1) is 14.5. The zero-order chi connectivity index (χ0) is 13.5. The van der Waals surface area contributed by atoms with Gasteiger partial charge in [0.2, 0.25) is 0 Å². The van der Waals surface area contributed by atoms with Crippen LogP contribution < -0.4 is 11.3 Å². The van der Waals surface area contributed by atoms with Crippen molar-refractivity contribution < 1.29 is 4.74 Å². The summed E-state index contributed by atoms with van der Waals surface area (Å²) in [6.07, 6.45) is 11.2. The van der Waals surface area contributed by atoms with E-state index in [9.17, 15) is 0 Å². The average Bonchev–Trinajstić information content (AvgIpc) is 2.86. The van der Waals surface area contributed by atoms with Gasteiger partial charge in [-0.2, -0.15) is 0 Å². The van der Waals surface area contributed by atoms with Crippen molar-refractivity contribution in [3.8, 4) is 0 Å². The van der Waals surface area contributed by atoms with E-state index in [4.69, 9.17) is 10.6 Å². The van der Waals surface area contributed by atoms with Gasteiger partial charge in [-0.1, -0.05) is 19.3 Å². The van der Waals surface area contributed by atoms with Crippen LogP contribution in [-0.4, -0.2) is 22.8 Å². The molecule has 0 saturated carbocycles. The molecule has 0 bridgehead atoms. The molecule has 0 spiro atoms. The van der Waals surface area contributed by atoms with Crippen LogP contribution in [0.1, 0.15) is 50.3 Å². The molecule has 5 heteroatoms. The highest BCUT2D eigenvalue weighted by Gasteiger charge is 2.15. The predicted molar refractivity (Wildman–Crippen MR) is 75.3 cm³/mol. The first-order valence-corrected chi connectivity index (χ1v) is 7.31. The number of nitrogens with two attached hydrogens (primary N) is 1. The summed E-state index contributed by atoms with van der Waals surface area (Å²) in [6, 6.07) is 0.177. The minimum absolute atomic E-state index is 0.177. The molecule has 2 rings (SSSR count). The van der Waals surface area contributed by atoms with Crippen molar-refractivity contribution >= 4 is 0 Å². The van der Waals surface area contributed by atoms with Crippen molar-refractivity contribution in [3.63, 3.8) is 0 Å². The molecular formula is C14H26N4O. The lowest BCUT2D eigenvalue weighted by Crippen LogP contribution is -2.28. The topological polar surface area (TPSA) is 65.1 Å². The summed E-state index contributed by atoms with van der Waals surface area (Å²) in [5, 5.41) is 0. The van der Waals surface area contributed by atoms with E-state index in [1.807, 2.05) is 24.1 Å². The summed E-state index contributed by atoms with van der Waals surface area (Å²) in [7, 11) is 1.98. The number of hydrazine groups is 1. The number of imidazole rings is 1. The highest BCUT2D eigenvalue weighted by atomic mass is 16.5. The average molecular weight is 266 g/mol. The number of unbranched alkanes of at least 4 members (excludes halogenated alkanes) is 1. The molecule has 0 radical (unpaired) electrons. The molecule has 1 fully saturated rings. The van der Waals surface area contributed by atoms with E-state index in [0.29, 0.717) is 0 Å². The van der Waals surface area contributed by atoms with E-state index in [0.717, 1.165) is 31.2 Å². The van der Waals surface area contributed by atoms with Gasteiger partial charge in [0.05, 0.1) is 18.1 Å². The van der Waals surface area contributed by atoms with Gasteiger partial charge in [0, 0.05) is 26.5 Å². The second kappa shape index (κ2) is 7.62. The lowest BCUT2D eigenvalue weighted by Gasteiger charge is -2.22. The molecule has 1 unspecified atom stereocenters. The third-order valence-electron chi connectivity index (χ3n) is 3.98. The molecule has 1 aliphatic heterocycles. The van der Waals surface area contributed by atoms with Crippen molar-refractivity contribution in [3.05, 3.63) is 18.2 Å². The zero-order valence-corrected chi connectivity index (χ0v) is 11.8. The minimum atomic E-state index is 0.177. The molecule has 0 aromatic carbocycles. The third kappa shape index (κ3) is 4.60. The van der Waals surface area contributed by atoms with E-state index in [1.165, 1.54) is 32.1 Å². The maximum absolute atomic E-state index is 5.62. The summed E-state index contributed by atoms with van der Waals surface area (Å²) in [4.78, 5) is 4.36. The first-order valence-electron chi connectivity index (χ1n) is 7.31. The summed E-state index contributed by atoms with van der Waals surface area (Å²) < 4.78 is 7.34.